The molecule has 1 fully saturated rings. The molecule has 1 aromatic carbocycles. The molecule has 4 N–H and O–H groups in total. The number of rotatable bonds is 1. The number of nitrogens with two attached hydrogens (primary N) is 1. The highest BCUT2D eigenvalue weighted by Gasteiger charge is 2.19. The highest BCUT2D eigenvalue weighted by atomic mass is 16.1. The average molecular weight is 233 g/mol. The van der Waals surface area contributed by atoms with Crippen molar-refractivity contribution in [2.24, 2.45) is 0 Å². The van der Waals surface area contributed by atoms with Crippen molar-refractivity contribution in [2.45, 2.75) is 26.3 Å². The molecule has 0 bridgehead atoms. The number of carbonyl (C=O) groups is 1. The van der Waals surface area contributed by atoms with Gasteiger partial charge in [-0.25, -0.2) is 0 Å². The lowest BCUT2D eigenvalue weighted by atomic mass is 9.97. The molecule has 0 aliphatic carbocycles. The molecule has 4 nitrogen and oxygen atoms in total. The van der Waals surface area contributed by atoms with Crippen molar-refractivity contribution >= 4 is 11.6 Å². The summed E-state index contributed by atoms with van der Waals surface area (Å²) in [4.78, 5) is 11.5. The van der Waals surface area contributed by atoms with Gasteiger partial charge in [-0.05, 0) is 30.5 Å². The summed E-state index contributed by atoms with van der Waals surface area (Å²) in [6, 6.07) is 4.23. The molecule has 0 aromatic heterocycles. The van der Waals surface area contributed by atoms with Crippen LogP contribution in [0.3, 0.4) is 0 Å². The van der Waals surface area contributed by atoms with Crippen LogP contribution in [0, 0.1) is 13.8 Å². The van der Waals surface area contributed by atoms with Gasteiger partial charge in [0.05, 0.1) is 0 Å². The Morgan fingerprint density at radius 1 is 1.24 bits per heavy atom. The largest absolute Gasteiger partial charge is 0.398 e. The molecule has 0 radical (unpaired) electrons. The first-order chi connectivity index (χ1) is 8.08. The highest BCUT2D eigenvalue weighted by Crippen LogP contribution is 2.25. The van der Waals surface area contributed by atoms with Crippen LogP contribution in [0.4, 0.5) is 5.69 Å². The summed E-state index contributed by atoms with van der Waals surface area (Å²) >= 11 is 0. The van der Waals surface area contributed by atoms with Crippen molar-refractivity contribution in [3.63, 3.8) is 0 Å². The van der Waals surface area contributed by atoms with Gasteiger partial charge in [0.1, 0.15) is 0 Å². The standard InChI is InChI=1S/C13H19N3O/c1-8-5-10(6-9(2)13(8)14)11-7-12(17)16-4-3-15-11/h5-6,11,15H,3-4,7,14H2,1-2H3,(H,16,17). The van der Waals surface area contributed by atoms with E-state index in [1.807, 2.05) is 13.8 Å². The van der Waals surface area contributed by atoms with E-state index in [-0.39, 0.29) is 11.9 Å². The second-order valence-electron chi connectivity index (χ2n) is 4.63. The summed E-state index contributed by atoms with van der Waals surface area (Å²) < 4.78 is 0. The topological polar surface area (TPSA) is 67.2 Å². The molecular weight excluding hydrogens is 214 g/mol. The fraction of sp³-hybridized carbons (Fsp3) is 0.462. The Morgan fingerprint density at radius 2 is 1.88 bits per heavy atom. The van der Waals surface area contributed by atoms with Gasteiger partial charge < -0.3 is 16.4 Å². The third-order valence-corrected chi connectivity index (χ3v) is 3.25. The Balaban J connectivity index is 2.29. The number of hydrogen-bond acceptors (Lipinski definition) is 3. The van der Waals surface area contributed by atoms with Gasteiger partial charge in [0.2, 0.25) is 5.91 Å². The summed E-state index contributed by atoms with van der Waals surface area (Å²) in [7, 11) is 0. The molecule has 1 aliphatic heterocycles. The third-order valence-electron chi connectivity index (χ3n) is 3.25. The smallest absolute Gasteiger partial charge is 0.221 e. The average Bonchev–Trinajstić information content (AvgIpc) is 2.50. The van der Waals surface area contributed by atoms with Gasteiger partial charge in [-0.3, -0.25) is 4.79 Å². The van der Waals surface area contributed by atoms with E-state index in [0.717, 1.165) is 28.9 Å². The molecule has 1 saturated heterocycles. The summed E-state index contributed by atoms with van der Waals surface area (Å²) in [5, 5.41) is 6.24. The molecule has 0 spiro atoms. The quantitative estimate of drug-likeness (QED) is 0.635. The summed E-state index contributed by atoms with van der Waals surface area (Å²) in [5.74, 6) is 0.104. The van der Waals surface area contributed by atoms with E-state index in [2.05, 4.69) is 22.8 Å². The maximum Gasteiger partial charge on any atom is 0.221 e. The van der Waals surface area contributed by atoms with Crippen LogP contribution in [0.2, 0.25) is 0 Å². The van der Waals surface area contributed by atoms with Gasteiger partial charge in [0, 0.05) is 31.2 Å². The van der Waals surface area contributed by atoms with E-state index in [1.54, 1.807) is 0 Å². The molecular formula is C13H19N3O. The lowest BCUT2D eigenvalue weighted by Gasteiger charge is -2.17. The molecule has 2 rings (SSSR count). The number of carbonyl (C=O) groups excluding carboxylic acids is 1. The van der Waals surface area contributed by atoms with Crippen LogP contribution in [-0.4, -0.2) is 19.0 Å². The van der Waals surface area contributed by atoms with Crippen molar-refractivity contribution in [1.82, 2.24) is 10.6 Å². The van der Waals surface area contributed by atoms with E-state index >= 15 is 0 Å². The fourth-order valence-electron chi connectivity index (χ4n) is 2.22. The minimum absolute atomic E-state index is 0.0931. The second-order valence-corrected chi connectivity index (χ2v) is 4.63. The fourth-order valence-corrected chi connectivity index (χ4v) is 2.22. The first kappa shape index (κ1) is 11.9. The second kappa shape index (κ2) is 4.75. The predicted molar refractivity (Wildman–Crippen MR) is 68.7 cm³/mol. The first-order valence-electron chi connectivity index (χ1n) is 5.94. The lowest BCUT2D eigenvalue weighted by molar-refractivity contribution is -0.121. The number of aryl methyl sites for hydroxylation is 2. The van der Waals surface area contributed by atoms with Gasteiger partial charge in [0.15, 0.2) is 0 Å². The first-order valence-corrected chi connectivity index (χ1v) is 5.94. The molecule has 17 heavy (non-hydrogen) atoms. The van der Waals surface area contributed by atoms with Gasteiger partial charge in [-0.1, -0.05) is 12.1 Å². The molecule has 1 heterocycles. The van der Waals surface area contributed by atoms with Crippen LogP contribution in [0.25, 0.3) is 0 Å². The summed E-state index contributed by atoms with van der Waals surface area (Å²) in [6.45, 7) is 5.51. The van der Waals surface area contributed by atoms with Gasteiger partial charge in [0.25, 0.3) is 0 Å². The van der Waals surface area contributed by atoms with Crippen LogP contribution < -0.4 is 16.4 Å². The number of benzene rings is 1. The monoisotopic (exact) mass is 233 g/mol. The molecule has 92 valence electrons. The zero-order valence-corrected chi connectivity index (χ0v) is 10.3. The molecule has 1 atom stereocenters. The zero-order valence-electron chi connectivity index (χ0n) is 10.3. The SMILES string of the molecule is Cc1cc(C2CC(=O)NCCN2)cc(C)c1N. The molecule has 4 heteroatoms. The number of hydrogen-bond donors (Lipinski definition) is 3. The highest BCUT2D eigenvalue weighted by molar-refractivity contribution is 5.77. The number of amides is 1. The van der Waals surface area contributed by atoms with Gasteiger partial charge in [-0.15, -0.1) is 0 Å². The Hall–Kier alpha value is -1.55. The van der Waals surface area contributed by atoms with E-state index in [4.69, 9.17) is 5.73 Å². The minimum Gasteiger partial charge on any atom is -0.398 e. The molecule has 1 aliphatic rings. The molecule has 1 unspecified atom stereocenters. The van der Waals surface area contributed by atoms with E-state index in [0.29, 0.717) is 13.0 Å². The van der Waals surface area contributed by atoms with E-state index in [9.17, 15) is 4.79 Å². The third kappa shape index (κ3) is 2.58. The molecule has 1 aromatic rings. The normalized spacial score (nSPS) is 20.8. The van der Waals surface area contributed by atoms with Gasteiger partial charge >= 0.3 is 0 Å². The van der Waals surface area contributed by atoms with E-state index < -0.39 is 0 Å². The maximum atomic E-state index is 11.5. The van der Waals surface area contributed by atoms with Crippen LogP contribution >= 0.6 is 0 Å². The van der Waals surface area contributed by atoms with Crippen molar-refractivity contribution in [3.05, 3.63) is 28.8 Å². The van der Waals surface area contributed by atoms with Gasteiger partial charge in [-0.2, -0.15) is 0 Å². The molecule has 1 amide bonds. The Bertz CT molecular complexity index is 419. The van der Waals surface area contributed by atoms with E-state index in [1.165, 1.54) is 0 Å². The summed E-state index contributed by atoms with van der Waals surface area (Å²) in [6.07, 6.45) is 0.489. The number of nitrogen functional groups attached to an aromatic ring is 1. The van der Waals surface area contributed by atoms with Crippen LogP contribution in [0.1, 0.15) is 29.2 Å². The summed E-state index contributed by atoms with van der Waals surface area (Å²) in [5.41, 5.74) is 10.1. The van der Waals surface area contributed by atoms with Crippen molar-refractivity contribution in [1.29, 1.82) is 0 Å². The Labute approximate surface area is 102 Å². The predicted octanol–water partition coefficient (Wildman–Crippen LogP) is 1.04. The van der Waals surface area contributed by atoms with Crippen molar-refractivity contribution < 1.29 is 4.79 Å². The van der Waals surface area contributed by atoms with Crippen LogP contribution in [0.5, 0.6) is 0 Å². The lowest BCUT2D eigenvalue weighted by Crippen LogP contribution is -2.24. The Morgan fingerprint density at radius 3 is 2.53 bits per heavy atom. The number of anilines is 1. The number of nitrogens with one attached hydrogen (secondary N) is 2. The van der Waals surface area contributed by atoms with Crippen molar-refractivity contribution in [2.75, 3.05) is 18.8 Å². The maximum absolute atomic E-state index is 11.5. The zero-order chi connectivity index (χ0) is 12.4. The minimum atomic E-state index is 0.0931. The Kier molecular flexibility index (Phi) is 3.33. The van der Waals surface area contributed by atoms with Crippen LogP contribution in [0.15, 0.2) is 12.1 Å². The van der Waals surface area contributed by atoms with Crippen LogP contribution in [-0.2, 0) is 4.79 Å². The van der Waals surface area contributed by atoms with Crippen molar-refractivity contribution in [3.8, 4) is 0 Å². The molecule has 0 saturated carbocycles.